The van der Waals surface area contributed by atoms with Crippen LogP contribution in [0.25, 0.3) is 33.6 Å². The smallest absolute Gasteiger partial charge is 0.244 e. The molecular formula is C27H19F2N3O2. The van der Waals surface area contributed by atoms with Crippen LogP contribution in [0.15, 0.2) is 85.1 Å². The summed E-state index contributed by atoms with van der Waals surface area (Å²) >= 11 is 0. The monoisotopic (exact) mass is 455 g/mol. The number of benzene rings is 3. The van der Waals surface area contributed by atoms with E-state index >= 15 is 0 Å². The summed E-state index contributed by atoms with van der Waals surface area (Å²) in [6, 6.07) is 19.4. The molecule has 2 aromatic heterocycles. The molecule has 0 bridgehead atoms. The van der Waals surface area contributed by atoms with Gasteiger partial charge in [-0.05, 0) is 48.0 Å². The van der Waals surface area contributed by atoms with E-state index in [2.05, 4.69) is 10.3 Å². The molecule has 0 saturated heterocycles. The Morgan fingerprint density at radius 2 is 1.74 bits per heavy atom. The molecule has 0 radical (unpaired) electrons. The fourth-order valence-corrected chi connectivity index (χ4v) is 3.99. The number of hydrogen-bond acceptors (Lipinski definition) is 3. The Morgan fingerprint density at radius 3 is 2.53 bits per heavy atom. The zero-order chi connectivity index (χ0) is 23.7. The Hall–Kier alpha value is -4.52. The molecule has 0 unspecified atom stereocenters. The number of aromatic hydroxyl groups is 1. The van der Waals surface area contributed by atoms with Crippen LogP contribution in [0.2, 0.25) is 0 Å². The van der Waals surface area contributed by atoms with E-state index in [0.29, 0.717) is 22.5 Å². The predicted molar refractivity (Wildman–Crippen MR) is 127 cm³/mol. The highest BCUT2D eigenvalue weighted by atomic mass is 19.1. The summed E-state index contributed by atoms with van der Waals surface area (Å²) in [6.45, 7) is 0.202. The van der Waals surface area contributed by atoms with Gasteiger partial charge < -0.3 is 15.0 Å². The normalized spacial score (nSPS) is 11.5. The van der Waals surface area contributed by atoms with Gasteiger partial charge in [0.2, 0.25) is 5.91 Å². The molecule has 7 heteroatoms. The molecule has 2 heterocycles. The Balaban J connectivity index is 1.45. The molecule has 34 heavy (non-hydrogen) atoms. The maximum Gasteiger partial charge on any atom is 0.244 e. The minimum absolute atomic E-state index is 0.125. The SMILES string of the molecule is O=C(/C=C/c1cccc(O)c1)NCc1cc2c3ccccc3n(-c3cc(F)cc(F)c3)c2cn1. The molecule has 0 aliphatic heterocycles. The van der Waals surface area contributed by atoms with Crippen molar-refractivity contribution in [1.82, 2.24) is 14.9 Å². The number of aromatic nitrogens is 2. The van der Waals surface area contributed by atoms with E-state index in [4.69, 9.17) is 0 Å². The third-order valence-electron chi connectivity index (χ3n) is 5.46. The van der Waals surface area contributed by atoms with Gasteiger partial charge in [0.1, 0.15) is 17.4 Å². The first-order valence-corrected chi connectivity index (χ1v) is 10.6. The van der Waals surface area contributed by atoms with Crippen molar-refractivity contribution in [2.75, 3.05) is 0 Å². The zero-order valence-corrected chi connectivity index (χ0v) is 17.9. The number of carbonyl (C=O) groups excluding carboxylic acids is 1. The first-order chi connectivity index (χ1) is 16.5. The number of nitrogens with one attached hydrogen (secondary N) is 1. The lowest BCUT2D eigenvalue weighted by Gasteiger charge is -2.08. The first-order valence-electron chi connectivity index (χ1n) is 10.6. The fourth-order valence-electron chi connectivity index (χ4n) is 3.99. The molecule has 0 spiro atoms. The van der Waals surface area contributed by atoms with E-state index < -0.39 is 11.6 Å². The van der Waals surface area contributed by atoms with Crippen molar-refractivity contribution in [3.63, 3.8) is 0 Å². The number of phenolic OH excluding ortho intramolecular Hbond substituents is 1. The molecule has 1 amide bonds. The van der Waals surface area contributed by atoms with Crippen molar-refractivity contribution >= 4 is 33.8 Å². The highest BCUT2D eigenvalue weighted by Gasteiger charge is 2.14. The molecule has 0 aliphatic carbocycles. The lowest BCUT2D eigenvalue weighted by Crippen LogP contribution is -2.20. The van der Waals surface area contributed by atoms with Crippen LogP contribution in [0.5, 0.6) is 5.75 Å². The molecule has 2 N–H and O–H groups in total. The second-order valence-corrected chi connectivity index (χ2v) is 7.82. The second-order valence-electron chi connectivity index (χ2n) is 7.82. The molecular weight excluding hydrogens is 436 g/mol. The van der Waals surface area contributed by atoms with E-state index in [-0.39, 0.29) is 18.2 Å². The summed E-state index contributed by atoms with van der Waals surface area (Å²) in [6.07, 6.45) is 4.64. The van der Waals surface area contributed by atoms with Gasteiger partial charge in [0.15, 0.2) is 0 Å². The molecule has 5 aromatic rings. The van der Waals surface area contributed by atoms with Crippen LogP contribution >= 0.6 is 0 Å². The Kier molecular flexibility index (Phi) is 5.51. The number of para-hydroxylation sites is 1. The molecule has 168 valence electrons. The van der Waals surface area contributed by atoms with E-state index in [1.54, 1.807) is 41.1 Å². The molecule has 0 aliphatic rings. The van der Waals surface area contributed by atoms with Crippen LogP contribution in [0.3, 0.4) is 0 Å². The van der Waals surface area contributed by atoms with Crippen LogP contribution in [-0.4, -0.2) is 20.6 Å². The third kappa shape index (κ3) is 4.23. The molecule has 3 aromatic carbocycles. The molecule has 0 saturated carbocycles. The number of pyridine rings is 1. The maximum absolute atomic E-state index is 13.9. The van der Waals surface area contributed by atoms with Gasteiger partial charge in [-0.25, -0.2) is 8.78 Å². The topological polar surface area (TPSA) is 67.2 Å². The predicted octanol–water partition coefficient (Wildman–Crippen LogP) is 5.49. The number of fused-ring (bicyclic) bond motifs is 3. The van der Waals surface area contributed by atoms with Crippen LogP contribution in [0.1, 0.15) is 11.3 Å². The lowest BCUT2D eigenvalue weighted by atomic mass is 10.1. The van der Waals surface area contributed by atoms with Gasteiger partial charge in [0, 0.05) is 22.9 Å². The van der Waals surface area contributed by atoms with Gasteiger partial charge in [0.25, 0.3) is 0 Å². The number of halogens is 2. The summed E-state index contributed by atoms with van der Waals surface area (Å²) in [5, 5.41) is 14.1. The summed E-state index contributed by atoms with van der Waals surface area (Å²) in [5.74, 6) is -1.50. The highest BCUT2D eigenvalue weighted by Crippen LogP contribution is 2.32. The summed E-state index contributed by atoms with van der Waals surface area (Å²) in [4.78, 5) is 16.7. The van der Waals surface area contributed by atoms with Crippen LogP contribution in [-0.2, 0) is 11.3 Å². The van der Waals surface area contributed by atoms with Gasteiger partial charge >= 0.3 is 0 Å². The molecule has 0 fully saturated rings. The van der Waals surface area contributed by atoms with E-state index in [1.165, 1.54) is 18.2 Å². The minimum Gasteiger partial charge on any atom is -0.508 e. The number of hydrogen-bond donors (Lipinski definition) is 2. The quantitative estimate of drug-likeness (QED) is 0.344. The average Bonchev–Trinajstić information content (AvgIpc) is 3.15. The average molecular weight is 455 g/mol. The molecule has 5 rings (SSSR count). The van der Waals surface area contributed by atoms with Gasteiger partial charge in [0.05, 0.1) is 35.2 Å². The van der Waals surface area contributed by atoms with Gasteiger partial charge in [-0.2, -0.15) is 0 Å². The summed E-state index contributed by atoms with van der Waals surface area (Å²) in [5.41, 5.74) is 3.20. The largest absolute Gasteiger partial charge is 0.508 e. The zero-order valence-electron chi connectivity index (χ0n) is 17.9. The third-order valence-corrected chi connectivity index (χ3v) is 5.46. The van der Waals surface area contributed by atoms with E-state index in [1.807, 2.05) is 30.3 Å². The number of amides is 1. The van der Waals surface area contributed by atoms with E-state index in [9.17, 15) is 18.7 Å². The minimum atomic E-state index is -0.660. The summed E-state index contributed by atoms with van der Waals surface area (Å²) < 4.78 is 29.6. The summed E-state index contributed by atoms with van der Waals surface area (Å²) in [7, 11) is 0. The lowest BCUT2D eigenvalue weighted by molar-refractivity contribution is -0.116. The van der Waals surface area contributed by atoms with E-state index in [0.717, 1.165) is 22.4 Å². The highest BCUT2D eigenvalue weighted by molar-refractivity contribution is 6.09. The number of nitrogens with zero attached hydrogens (tertiary/aromatic N) is 2. The second kappa shape index (κ2) is 8.78. The first kappa shape index (κ1) is 21.3. The van der Waals surface area contributed by atoms with Crippen molar-refractivity contribution in [3.8, 4) is 11.4 Å². The van der Waals surface area contributed by atoms with Gasteiger partial charge in [-0.1, -0.05) is 30.3 Å². The van der Waals surface area contributed by atoms with Crippen molar-refractivity contribution in [1.29, 1.82) is 0 Å². The van der Waals surface area contributed by atoms with Gasteiger partial charge in [-0.3, -0.25) is 9.78 Å². The number of rotatable bonds is 5. The van der Waals surface area contributed by atoms with Crippen molar-refractivity contribution in [2.45, 2.75) is 6.54 Å². The van der Waals surface area contributed by atoms with Crippen molar-refractivity contribution in [2.24, 2.45) is 0 Å². The molecule has 0 atom stereocenters. The Morgan fingerprint density at radius 1 is 0.941 bits per heavy atom. The van der Waals surface area contributed by atoms with Gasteiger partial charge in [-0.15, -0.1) is 0 Å². The van der Waals surface area contributed by atoms with Crippen molar-refractivity contribution < 1.29 is 18.7 Å². The van der Waals surface area contributed by atoms with Crippen LogP contribution < -0.4 is 5.32 Å². The Bertz CT molecular complexity index is 1550. The number of carbonyl (C=O) groups is 1. The van der Waals surface area contributed by atoms with Crippen LogP contribution in [0, 0.1) is 11.6 Å². The molecule has 5 nitrogen and oxygen atoms in total. The standard InChI is InChI=1S/C27H19F2N3O2/c28-18-11-19(29)13-21(12-18)32-25-7-2-1-6-23(25)24-14-20(30-16-26(24)32)15-31-27(34)9-8-17-4-3-5-22(33)10-17/h1-14,16,33H,15H2,(H,31,34)/b9-8+. The number of phenols is 1. The Labute approximate surface area is 193 Å². The van der Waals surface area contributed by atoms with Crippen molar-refractivity contribution in [3.05, 3.63) is 108 Å². The maximum atomic E-state index is 13.9. The fraction of sp³-hybridized carbons (Fsp3) is 0.0370. The van der Waals surface area contributed by atoms with Crippen LogP contribution in [0.4, 0.5) is 8.78 Å².